The lowest BCUT2D eigenvalue weighted by atomic mass is 9.95. The van der Waals surface area contributed by atoms with E-state index in [0.29, 0.717) is 18.2 Å². The third-order valence-corrected chi connectivity index (χ3v) is 3.36. The molecule has 1 aromatic carbocycles. The van der Waals surface area contributed by atoms with Crippen LogP contribution >= 0.6 is 0 Å². The van der Waals surface area contributed by atoms with Crippen molar-refractivity contribution in [1.29, 1.82) is 0 Å². The van der Waals surface area contributed by atoms with Crippen LogP contribution in [-0.2, 0) is 4.79 Å². The number of carbonyl (C=O) groups is 1. The standard InChI is InChI=1S/C15H20FNO2/c16-12-5-4-8-14(11-12)19-10-9-15(18)17-13-6-2-1-3-7-13/h4-5,8,11,13H,1-3,6-7,9-10H2,(H,17,18). The van der Waals surface area contributed by atoms with Crippen LogP contribution in [0.15, 0.2) is 24.3 Å². The molecule has 1 amide bonds. The first-order valence-corrected chi connectivity index (χ1v) is 6.92. The Hall–Kier alpha value is -1.58. The van der Waals surface area contributed by atoms with E-state index < -0.39 is 0 Å². The van der Waals surface area contributed by atoms with Crippen LogP contribution in [0.3, 0.4) is 0 Å². The predicted molar refractivity (Wildman–Crippen MR) is 71.5 cm³/mol. The molecule has 0 heterocycles. The van der Waals surface area contributed by atoms with Crippen molar-refractivity contribution in [1.82, 2.24) is 5.32 Å². The predicted octanol–water partition coefficient (Wildman–Crippen LogP) is 3.04. The van der Waals surface area contributed by atoms with Crippen LogP contribution in [0.5, 0.6) is 5.75 Å². The first-order chi connectivity index (χ1) is 9.24. The molecule has 0 saturated heterocycles. The van der Waals surface area contributed by atoms with Crippen molar-refractivity contribution in [2.45, 2.75) is 44.6 Å². The van der Waals surface area contributed by atoms with Gasteiger partial charge in [-0.25, -0.2) is 4.39 Å². The number of ether oxygens (including phenoxy) is 1. The maximum Gasteiger partial charge on any atom is 0.223 e. The number of benzene rings is 1. The van der Waals surface area contributed by atoms with Crippen LogP contribution in [0.4, 0.5) is 4.39 Å². The van der Waals surface area contributed by atoms with Crippen molar-refractivity contribution < 1.29 is 13.9 Å². The summed E-state index contributed by atoms with van der Waals surface area (Å²) >= 11 is 0. The van der Waals surface area contributed by atoms with Crippen molar-refractivity contribution in [3.05, 3.63) is 30.1 Å². The fourth-order valence-electron chi connectivity index (χ4n) is 2.37. The molecule has 0 spiro atoms. The Morgan fingerprint density at radius 3 is 2.84 bits per heavy atom. The smallest absolute Gasteiger partial charge is 0.223 e. The number of rotatable bonds is 5. The van der Waals surface area contributed by atoms with Crippen LogP contribution in [0.1, 0.15) is 38.5 Å². The molecule has 3 nitrogen and oxygen atoms in total. The van der Waals surface area contributed by atoms with E-state index in [-0.39, 0.29) is 18.3 Å². The largest absolute Gasteiger partial charge is 0.493 e. The van der Waals surface area contributed by atoms with E-state index in [4.69, 9.17) is 4.74 Å². The van der Waals surface area contributed by atoms with Gasteiger partial charge in [0, 0.05) is 12.1 Å². The molecule has 2 rings (SSSR count). The van der Waals surface area contributed by atoms with Gasteiger partial charge in [-0.3, -0.25) is 4.79 Å². The summed E-state index contributed by atoms with van der Waals surface area (Å²) in [5, 5.41) is 3.02. The summed E-state index contributed by atoms with van der Waals surface area (Å²) in [5.41, 5.74) is 0. The van der Waals surface area contributed by atoms with Crippen LogP contribution in [0.2, 0.25) is 0 Å². The summed E-state index contributed by atoms with van der Waals surface area (Å²) in [6.45, 7) is 0.280. The van der Waals surface area contributed by atoms with Gasteiger partial charge in [-0.05, 0) is 25.0 Å². The molecule has 1 aliphatic rings. The summed E-state index contributed by atoms with van der Waals surface area (Å²) in [7, 11) is 0. The zero-order chi connectivity index (χ0) is 13.5. The molecule has 0 aliphatic heterocycles. The van der Waals surface area contributed by atoms with Crippen LogP contribution in [0.25, 0.3) is 0 Å². The van der Waals surface area contributed by atoms with Crippen LogP contribution in [0, 0.1) is 5.82 Å². The normalized spacial score (nSPS) is 16.1. The molecule has 19 heavy (non-hydrogen) atoms. The minimum Gasteiger partial charge on any atom is -0.493 e. The fourth-order valence-corrected chi connectivity index (χ4v) is 2.37. The minimum absolute atomic E-state index is 0.0169. The second-order valence-electron chi connectivity index (χ2n) is 4.96. The molecule has 0 bridgehead atoms. The SMILES string of the molecule is O=C(CCOc1cccc(F)c1)NC1CCCCC1. The van der Waals surface area contributed by atoms with E-state index in [1.54, 1.807) is 12.1 Å². The molecule has 0 atom stereocenters. The van der Waals surface area contributed by atoms with E-state index in [2.05, 4.69) is 5.32 Å². The Balaban J connectivity index is 1.66. The zero-order valence-electron chi connectivity index (χ0n) is 11.0. The number of hydrogen-bond acceptors (Lipinski definition) is 2. The van der Waals surface area contributed by atoms with Gasteiger partial charge in [0.05, 0.1) is 13.0 Å². The van der Waals surface area contributed by atoms with E-state index in [1.165, 1.54) is 31.4 Å². The molecule has 4 heteroatoms. The van der Waals surface area contributed by atoms with Gasteiger partial charge < -0.3 is 10.1 Å². The first kappa shape index (κ1) is 13.8. The van der Waals surface area contributed by atoms with Gasteiger partial charge in [-0.2, -0.15) is 0 Å². The van der Waals surface area contributed by atoms with Gasteiger partial charge in [-0.15, -0.1) is 0 Å². The number of carbonyl (C=O) groups excluding carboxylic acids is 1. The number of hydrogen-bond donors (Lipinski definition) is 1. The number of amides is 1. The topological polar surface area (TPSA) is 38.3 Å². The Bertz CT molecular complexity index is 416. The van der Waals surface area contributed by atoms with E-state index >= 15 is 0 Å². The maximum atomic E-state index is 12.9. The maximum absolute atomic E-state index is 12.9. The molecule has 1 aliphatic carbocycles. The molecule has 104 valence electrons. The molecule has 0 aromatic heterocycles. The van der Waals surface area contributed by atoms with Crippen LogP contribution in [-0.4, -0.2) is 18.6 Å². The lowest BCUT2D eigenvalue weighted by Crippen LogP contribution is -2.36. The van der Waals surface area contributed by atoms with Gasteiger partial charge in [0.25, 0.3) is 0 Å². The van der Waals surface area contributed by atoms with Crippen molar-refractivity contribution in [3.63, 3.8) is 0 Å². The van der Waals surface area contributed by atoms with Gasteiger partial charge in [-0.1, -0.05) is 25.3 Å². The highest BCUT2D eigenvalue weighted by atomic mass is 19.1. The highest BCUT2D eigenvalue weighted by Gasteiger charge is 2.15. The summed E-state index contributed by atoms with van der Waals surface area (Å²) in [4.78, 5) is 11.7. The molecule has 0 radical (unpaired) electrons. The van der Waals surface area contributed by atoms with Crippen molar-refractivity contribution in [3.8, 4) is 5.75 Å². The average Bonchev–Trinajstić information content (AvgIpc) is 2.40. The molecule has 1 fully saturated rings. The quantitative estimate of drug-likeness (QED) is 0.888. The molecular formula is C15H20FNO2. The lowest BCUT2D eigenvalue weighted by molar-refractivity contribution is -0.122. The Labute approximate surface area is 113 Å². The molecular weight excluding hydrogens is 245 g/mol. The minimum atomic E-state index is -0.329. The average molecular weight is 265 g/mol. The van der Waals surface area contributed by atoms with E-state index in [9.17, 15) is 9.18 Å². The molecule has 1 N–H and O–H groups in total. The third kappa shape index (κ3) is 4.89. The van der Waals surface area contributed by atoms with Crippen molar-refractivity contribution >= 4 is 5.91 Å². The fraction of sp³-hybridized carbons (Fsp3) is 0.533. The van der Waals surface area contributed by atoms with Gasteiger partial charge in [0.15, 0.2) is 0 Å². The Morgan fingerprint density at radius 1 is 1.32 bits per heavy atom. The second kappa shape index (κ2) is 7.12. The van der Waals surface area contributed by atoms with Crippen LogP contribution < -0.4 is 10.1 Å². The van der Waals surface area contributed by atoms with E-state index in [1.807, 2.05) is 0 Å². The summed E-state index contributed by atoms with van der Waals surface area (Å²) < 4.78 is 18.2. The summed E-state index contributed by atoms with van der Waals surface area (Å²) in [5.74, 6) is 0.151. The first-order valence-electron chi connectivity index (χ1n) is 6.92. The van der Waals surface area contributed by atoms with Gasteiger partial charge >= 0.3 is 0 Å². The third-order valence-electron chi connectivity index (χ3n) is 3.36. The highest BCUT2D eigenvalue weighted by molar-refractivity contribution is 5.76. The van der Waals surface area contributed by atoms with Gasteiger partial charge in [0.1, 0.15) is 11.6 Å². The Kier molecular flexibility index (Phi) is 5.19. The monoisotopic (exact) mass is 265 g/mol. The molecule has 1 aromatic rings. The van der Waals surface area contributed by atoms with Crippen molar-refractivity contribution in [2.75, 3.05) is 6.61 Å². The number of nitrogens with one attached hydrogen (secondary N) is 1. The van der Waals surface area contributed by atoms with Gasteiger partial charge in [0.2, 0.25) is 5.91 Å². The van der Waals surface area contributed by atoms with E-state index in [0.717, 1.165) is 12.8 Å². The highest BCUT2D eigenvalue weighted by Crippen LogP contribution is 2.17. The number of halogens is 1. The summed E-state index contributed by atoms with van der Waals surface area (Å²) in [6.07, 6.45) is 6.14. The van der Waals surface area contributed by atoms with Crippen molar-refractivity contribution in [2.24, 2.45) is 0 Å². The molecule has 0 unspecified atom stereocenters. The second-order valence-corrected chi connectivity index (χ2v) is 4.96. The molecule has 1 saturated carbocycles. The summed E-state index contributed by atoms with van der Waals surface area (Å²) in [6, 6.07) is 6.28. The lowest BCUT2D eigenvalue weighted by Gasteiger charge is -2.22. The zero-order valence-corrected chi connectivity index (χ0v) is 11.0. The Morgan fingerprint density at radius 2 is 2.11 bits per heavy atom.